The highest BCUT2D eigenvalue weighted by atomic mass is 19.4. The summed E-state index contributed by atoms with van der Waals surface area (Å²) in [5, 5.41) is 2.76. The van der Waals surface area contributed by atoms with Crippen LogP contribution in [0.4, 0.5) is 24.5 Å². The number of alkyl halides is 3. The van der Waals surface area contributed by atoms with Gasteiger partial charge in [0, 0.05) is 24.3 Å². The van der Waals surface area contributed by atoms with Gasteiger partial charge in [0.1, 0.15) is 5.75 Å². The SMILES string of the molecule is O=C1CC(C(=O)N2CCCc3cc(OC(F)(F)F)ccc32)c2ccccc2N1. The number of para-hydroxylation sites is 1. The minimum Gasteiger partial charge on any atom is -0.406 e. The Balaban J connectivity index is 1.65. The first-order valence-electron chi connectivity index (χ1n) is 8.90. The van der Waals surface area contributed by atoms with Crippen LogP contribution >= 0.6 is 0 Å². The van der Waals surface area contributed by atoms with Crippen molar-refractivity contribution in [1.29, 1.82) is 0 Å². The van der Waals surface area contributed by atoms with Gasteiger partial charge in [0.05, 0.1) is 5.92 Å². The monoisotopic (exact) mass is 390 g/mol. The lowest BCUT2D eigenvalue weighted by molar-refractivity contribution is -0.274. The average molecular weight is 390 g/mol. The topological polar surface area (TPSA) is 58.6 Å². The van der Waals surface area contributed by atoms with E-state index in [2.05, 4.69) is 10.1 Å². The standard InChI is InChI=1S/C20H17F3N2O3/c21-20(22,23)28-13-7-8-17-12(10-13)4-3-9-25(17)19(27)15-11-18(26)24-16-6-2-1-5-14(15)16/h1-2,5-8,10,15H,3-4,9,11H2,(H,24,26). The summed E-state index contributed by atoms with van der Waals surface area (Å²) in [6.07, 6.45) is -3.56. The molecule has 1 atom stereocenters. The van der Waals surface area contributed by atoms with Gasteiger partial charge in [-0.1, -0.05) is 18.2 Å². The van der Waals surface area contributed by atoms with Crippen LogP contribution < -0.4 is 15.0 Å². The first kappa shape index (κ1) is 18.3. The maximum atomic E-state index is 13.3. The number of rotatable bonds is 2. The molecule has 0 saturated carbocycles. The number of hydrogen-bond acceptors (Lipinski definition) is 3. The van der Waals surface area contributed by atoms with Gasteiger partial charge in [0.2, 0.25) is 11.8 Å². The Bertz CT molecular complexity index is 943. The normalized spacial score (nSPS) is 18.8. The van der Waals surface area contributed by atoms with Crippen LogP contribution in [0.5, 0.6) is 5.75 Å². The van der Waals surface area contributed by atoms with Crippen LogP contribution in [0.15, 0.2) is 42.5 Å². The second-order valence-corrected chi connectivity index (χ2v) is 6.82. The van der Waals surface area contributed by atoms with Gasteiger partial charge in [-0.15, -0.1) is 13.2 Å². The van der Waals surface area contributed by atoms with Gasteiger partial charge in [-0.25, -0.2) is 0 Å². The fraction of sp³-hybridized carbons (Fsp3) is 0.300. The van der Waals surface area contributed by atoms with Crippen molar-refractivity contribution in [3.8, 4) is 5.75 Å². The zero-order valence-electron chi connectivity index (χ0n) is 14.8. The Labute approximate surface area is 159 Å². The summed E-state index contributed by atoms with van der Waals surface area (Å²) in [5.74, 6) is -1.39. The number of nitrogens with one attached hydrogen (secondary N) is 1. The van der Waals surface area contributed by atoms with E-state index in [4.69, 9.17) is 0 Å². The van der Waals surface area contributed by atoms with Crippen molar-refractivity contribution >= 4 is 23.2 Å². The van der Waals surface area contributed by atoms with Gasteiger partial charge in [-0.05, 0) is 48.2 Å². The summed E-state index contributed by atoms with van der Waals surface area (Å²) in [6.45, 7) is 0.450. The molecule has 146 valence electrons. The van der Waals surface area contributed by atoms with E-state index in [9.17, 15) is 22.8 Å². The van der Waals surface area contributed by atoms with Gasteiger partial charge < -0.3 is 15.0 Å². The Morgan fingerprint density at radius 1 is 1.18 bits per heavy atom. The third kappa shape index (κ3) is 3.54. The molecule has 0 bridgehead atoms. The second-order valence-electron chi connectivity index (χ2n) is 6.82. The number of halogens is 3. The summed E-state index contributed by atoms with van der Waals surface area (Å²) in [5.41, 5.74) is 2.55. The van der Waals surface area contributed by atoms with Crippen molar-refractivity contribution in [2.24, 2.45) is 0 Å². The van der Waals surface area contributed by atoms with Crippen LogP contribution in [0.2, 0.25) is 0 Å². The van der Waals surface area contributed by atoms with Crippen molar-refractivity contribution in [1.82, 2.24) is 0 Å². The Morgan fingerprint density at radius 3 is 2.75 bits per heavy atom. The predicted octanol–water partition coefficient (Wildman–Crippen LogP) is 3.99. The van der Waals surface area contributed by atoms with E-state index < -0.39 is 12.3 Å². The molecule has 2 aromatic carbocycles. The number of anilines is 2. The van der Waals surface area contributed by atoms with Crippen molar-refractivity contribution < 1.29 is 27.5 Å². The van der Waals surface area contributed by atoms with Crippen molar-refractivity contribution in [3.05, 3.63) is 53.6 Å². The predicted molar refractivity (Wildman–Crippen MR) is 96.2 cm³/mol. The lowest BCUT2D eigenvalue weighted by Gasteiger charge is -2.34. The van der Waals surface area contributed by atoms with E-state index in [1.54, 1.807) is 17.0 Å². The summed E-state index contributed by atoms with van der Waals surface area (Å²) in [6, 6.07) is 11.2. The molecule has 2 amide bonds. The first-order chi connectivity index (χ1) is 13.3. The minimum atomic E-state index is -4.77. The van der Waals surface area contributed by atoms with E-state index in [1.165, 1.54) is 18.2 Å². The molecule has 0 radical (unpaired) electrons. The van der Waals surface area contributed by atoms with Crippen LogP contribution in [0.3, 0.4) is 0 Å². The highest BCUT2D eigenvalue weighted by molar-refractivity contribution is 6.06. The molecule has 2 aromatic rings. The van der Waals surface area contributed by atoms with E-state index in [1.807, 2.05) is 12.1 Å². The van der Waals surface area contributed by atoms with E-state index in [0.717, 1.165) is 5.56 Å². The number of carbonyl (C=O) groups excluding carboxylic acids is 2. The summed E-state index contributed by atoms with van der Waals surface area (Å²) in [4.78, 5) is 26.9. The number of hydrogen-bond donors (Lipinski definition) is 1. The summed E-state index contributed by atoms with van der Waals surface area (Å²) >= 11 is 0. The fourth-order valence-corrected chi connectivity index (χ4v) is 3.82. The molecule has 1 unspecified atom stereocenters. The first-order valence-corrected chi connectivity index (χ1v) is 8.90. The smallest absolute Gasteiger partial charge is 0.406 e. The molecule has 0 fully saturated rings. The molecule has 2 aliphatic heterocycles. The van der Waals surface area contributed by atoms with E-state index in [-0.39, 0.29) is 24.0 Å². The zero-order chi connectivity index (χ0) is 19.9. The highest BCUT2D eigenvalue weighted by Crippen LogP contribution is 2.38. The molecule has 4 rings (SSSR count). The highest BCUT2D eigenvalue weighted by Gasteiger charge is 2.36. The van der Waals surface area contributed by atoms with Gasteiger partial charge in [0.15, 0.2) is 0 Å². The Kier molecular flexibility index (Phi) is 4.49. The number of benzene rings is 2. The molecular formula is C20H17F3N2O3. The van der Waals surface area contributed by atoms with Crippen LogP contribution in [0.25, 0.3) is 0 Å². The van der Waals surface area contributed by atoms with Crippen LogP contribution in [-0.4, -0.2) is 24.7 Å². The molecule has 0 aromatic heterocycles. The molecule has 28 heavy (non-hydrogen) atoms. The fourth-order valence-electron chi connectivity index (χ4n) is 3.82. The largest absolute Gasteiger partial charge is 0.573 e. The lowest BCUT2D eigenvalue weighted by atomic mass is 9.88. The summed E-state index contributed by atoms with van der Waals surface area (Å²) in [7, 11) is 0. The number of nitrogens with zero attached hydrogens (tertiary/aromatic N) is 1. The van der Waals surface area contributed by atoms with Gasteiger partial charge >= 0.3 is 6.36 Å². The molecule has 1 N–H and O–H groups in total. The van der Waals surface area contributed by atoms with Crippen molar-refractivity contribution in [2.45, 2.75) is 31.5 Å². The third-order valence-electron chi connectivity index (χ3n) is 4.97. The average Bonchev–Trinajstić information content (AvgIpc) is 2.64. The minimum absolute atomic E-state index is 0.0386. The molecular weight excluding hydrogens is 373 g/mol. The molecule has 2 aliphatic rings. The van der Waals surface area contributed by atoms with Gasteiger partial charge in [-0.3, -0.25) is 9.59 Å². The third-order valence-corrected chi connectivity index (χ3v) is 4.97. The summed E-state index contributed by atoms with van der Waals surface area (Å²) < 4.78 is 41.4. The van der Waals surface area contributed by atoms with Crippen LogP contribution in [0.1, 0.15) is 29.9 Å². The van der Waals surface area contributed by atoms with E-state index >= 15 is 0 Å². The quantitative estimate of drug-likeness (QED) is 0.844. The molecule has 8 heteroatoms. The zero-order valence-corrected chi connectivity index (χ0v) is 14.8. The second kappa shape index (κ2) is 6.85. The number of ether oxygens (including phenoxy) is 1. The number of amides is 2. The maximum absolute atomic E-state index is 13.3. The van der Waals surface area contributed by atoms with Crippen LogP contribution in [-0.2, 0) is 16.0 Å². The molecule has 0 saturated heterocycles. The molecule has 5 nitrogen and oxygen atoms in total. The Hall–Kier alpha value is -3.03. The van der Waals surface area contributed by atoms with Crippen LogP contribution in [0, 0.1) is 0 Å². The lowest BCUT2D eigenvalue weighted by Crippen LogP contribution is -2.41. The molecule has 0 aliphatic carbocycles. The molecule has 0 spiro atoms. The van der Waals surface area contributed by atoms with Gasteiger partial charge in [-0.2, -0.15) is 0 Å². The molecule has 2 heterocycles. The number of fused-ring (bicyclic) bond motifs is 2. The van der Waals surface area contributed by atoms with Gasteiger partial charge in [0.25, 0.3) is 0 Å². The number of aryl methyl sites for hydroxylation is 1. The maximum Gasteiger partial charge on any atom is 0.573 e. The van der Waals surface area contributed by atoms with Crippen molar-refractivity contribution in [2.75, 3.05) is 16.8 Å². The number of carbonyl (C=O) groups is 2. The van der Waals surface area contributed by atoms with E-state index in [0.29, 0.717) is 36.3 Å². The van der Waals surface area contributed by atoms with Crippen molar-refractivity contribution in [3.63, 3.8) is 0 Å². The Morgan fingerprint density at radius 2 is 1.96 bits per heavy atom.